The first kappa shape index (κ1) is 17.5. The molecule has 0 radical (unpaired) electrons. The van der Waals surface area contributed by atoms with Crippen LogP contribution in [0.1, 0.15) is 19.0 Å². The summed E-state index contributed by atoms with van der Waals surface area (Å²) in [6.45, 7) is 2.13. The number of hydrogen-bond donors (Lipinski definition) is 1. The molecule has 0 spiro atoms. The average molecular weight is 376 g/mol. The highest BCUT2D eigenvalue weighted by Gasteiger charge is 2.12. The number of nitrogens with two attached hydrogens (primary N) is 1. The van der Waals surface area contributed by atoms with Gasteiger partial charge >= 0.3 is 0 Å². The summed E-state index contributed by atoms with van der Waals surface area (Å²) in [7, 11) is 0. The largest absolute Gasteiger partial charge is 0.398 e. The maximum atomic E-state index is 6.25. The summed E-state index contributed by atoms with van der Waals surface area (Å²) >= 11 is 1.70. The quantitative estimate of drug-likeness (QED) is 0.482. The number of fused-ring (bicyclic) bond motifs is 1. The number of benzene rings is 2. The molecular weight excluding hydrogens is 356 g/mol. The van der Waals surface area contributed by atoms with Crippen LogP contribution in [0.5, 0.6) is 0 Å². The van der Waals surface area contributed by atoms with Crippen LogP contribution in [0.3, 0.4) is 0 Å². The Bertz CT molecular complexity index is 1090. The molecule has 0 saturated heterocycles. The lowest BCUT2D eigenvalue weighted by Gasteiger charge is -2.06. The molecule has 0 fully saturated rings. The highest BCUT2D eigenvalue weighted by atomic mass is 32.2. The Labute approximate surface area is 162 Å². The molecule has 0 aliphatic heterocycles. The van der Waals surface area contributed by atoms with Crippen LogP contribution in [0.15, 0.2) is 57.9 Å². The van der Waals surface area contributed by atoms with Crippen LogP contribution < -0.4 is 5.73 Å². The maximum absolute atomic E-state index is 6.25. The normalized spacial score (nSPS) is 11.2. The Kier molecular flexibility index (Phi) is 4.81. The number of pyridine rings is 1. The molecule has 0 saturated carbocycles. The molecule has 0 aliphatic rings. The fourth-order valence-corrected chi connectivity index (χ4v) is 3.43. The van der Waals surface area contributed by atoms with Gasteiger partial charge in [0.15, 0.2) is 0 Å². The fraction of sp³-hybridized carbons (Fsp3) is 0.190. The van der Waals surface area contributed by atoms with Crippen molar-refractivity contribution in [2.45, 2.75) is 24.7 Å². The van der Waals surface area contributed by atoms with E-state index in [1.807, 2.05) is 54.8 Å². The van der Waals surface area contributed by atoms with Crippen molar-refractivity contribution in [3.8, 4) is 22.8 Å². The van der Waals surface area contributed by atoms with Crippen molar-refractivity contribution < 1.29 is 4.52 Å². The first-order valence-electron chi connectivity index (χ1n) is 8.85. The van der Waals surface area contributed by atoms with Gasteiger partial charge in [-0.15, -0.1) is 11.8 Å². The van der Waals surface area contributed by atoms with Gasteiger partial charge in [0.1, 0.15) is 0 Å². The number of hydrogen-bond acceptors (Lipinski definition) is 6. The van der Waals surface area contributed by atoms with Crippen LogP contribution in [0.2, 0.25) is 0 Å². The second-order valence-corrected chi connectivity index (χ2v) is 7.22. The van der Waals surface area contributed by atoms with E-state index >= 15 is 0 Å². The van der Waals surface area contributed by atoms with Gasteiger partial charge in [0.2, 0.25) is 5.82 Å². The van der Waals surface area contributed by atoms with Crippen LogP contribution >= 0.6 is 11.8 Å². The number of anilines is 1. The van der Waals surface area contributed by atoms with Crippen molar-refractivity contribution in [1.29, 1.82) is 0 Å². The minimum Gasteiger partial charge on any atom is -0.398 e. The SMILES string of the molecule is CCCc1cc(N)c2cc(-c3nc(-c4ccc(SC)cc4)no3)ccc2n1. The predicted octanol–water partition coefficient (Wildman–Crippen LogP) is 5.21. The fourth-order valence-electron chi connectivity index (χ4n) is 3.02. The summed E-state index contributed by atoms with van der Waals surface area (Å²) < 4.78 is 5.49. The summed E-state index contributed by atoms with van der Waals surface area (Å²) in [4.78, 5) is 10.4. The molecule has 0 amide bonds. The molecule has 27 heavy (non-hydrogen) atoms. The second kappa shape index (κ2) is 7.40. The van der Waals surface area contributed by atoms with Gasteiger partial charge in [-0.3, -0.25) is 4.98 Å². The number of aryl methyl sites for hydroxylation is 1. The molecule has 0 aliphatic carbocycles. The molecule has 2 heterocycles. The molecule has 5 nitrogen and oxygen atoms in total. The number of nitrogens with zero attached hydrogens (tertiary/aromatic N) is 3. The van der Waals surface area contributed by atoms with E-state index in [1.165, 1.54) is 4.90 Å². The molecule has 2 aromatic heterocycles. The summed E-state index contributed by atoms with van der Waals surface area (Å²) in [5.74, 6) is 1.04. The highest BCUT2D eigenvalue weighted by Crippen LogP contribution is 2.29. The van der Waals surface area contributed by atoms with Gasteiger partial charge in [-0.25, -0.2) is 0 Å². The number of rotatable bonds is 5. The zero-order valence-electron chi connectivity index (χ0n) is 15.3. The van der Waals surface area contributed by atoms with Crippen molar-refractivity contribution in [2.75, 3.05) is 12.0 Å². The monoisotopic (exact) mass is 376 g/mol. The summed E-state index contributed by atoms with van der Waals surface area (Å²) in [6.07, 6.45) is 4.01. The van der Waals surface area contributed by atoms with Crippen LogP contribution in [0, 0.1) is 0 Å². The molecular formula is C21H20N4OS. The Hall–Kier alpha value is -2.86. The topological polar surface area (TPSA) is 77.8 Å². The third-order valence-electron chi connectivity index (χ3n) is 4.42. The Balaban J connectivity index is 1.69. The van der Waals surface area contributed by atoms with E-state index in [-0.39, 0.29) is 0 Å². The van der Waals surface area contributed by atoms with Gasteiger partial charge in [-0.05, 0) is 61.2 Å². The van der Waals surface area contributed by atoms with Crippen molar-refractivity contribution in [1.82, 2.24) is 15.1 Å². The van der Waals surface area contributed by atoms with Gasteiger partial charge < -0.3 is 10.3 Å². The smallest absolute Gasteiger partial charge is 0.258 e. The first-order chi connectivity index (χ1) is 13.2. The lowest BCUT2D eigenvalue weighted by atomic mass is 10.1. The molecule has 2 N–H and O–H groups in total. The summed E-state index contributed by atoms with van der Waals surface area (Å²) in [5.41, 5.74) is 10.6. The van der Waals surface area contributed by atoms with E-state index in [4.69, 9.17) is 10.3 Å². The van der Waals surface area contributed by atoms with E-state index in [0.29, 0.717) is 11.7 Å². The van der Waals surface area contributed by atoms with Crippen LogP contribution in [0.4, 0.5) is 5.69 Å². The third kappa shape index (κ3) is 3.53. The van der Waals surface area contributed by atoms with Gasteiger partial charge in [0.25, 0.3) is 5.89 Å². The van der Waals surface area contributed by atoms with Crippen molar-refractivity contribution >= 4 is 28.4 Å². The van der Waals surface area contributed by atoms with Gasteiger partial charge in [-0.1, -0.05) is 18.5 Å². The van der Waals surface area contributed by atoms with Crippen LogP contribution in [-0.2, 0) is 6.42 Å². The zero-order chi connectivity index (χ0) is 18.8. The molecule has 0 bridgehead atoms. The third-order valence-corrected chi connectivity index (χ3v) is 5.16. The summed E-state index contributed by atoms with van der Waals surface area (Å²) in [6, 6.07) is 15.9. The molecule has 0 atom stereocenters. The van der Waals surface area contributed by atoms with E-state index in [2.05, 4.69) is 22.0 Å². The van der Waals surface area contributed by atoms with Gasteiger partial charge in [0, 0.05) is 32.8 Å². The Morgan fingerprint density at radius 3 is 2.52 bits per heavy atom. The van der Waals surface area contributed by atoms with Crippen molar-refractivity contribution in [3.63, 3.8) is 0 Å². The van der Waals surface area contributed by atoms with Crippen LogP contribution in [-0.4, -0.2) is 21.4 Å². The number of aromatic nitrogens is 3. The van der Waals surface area contributed by atoms with E-state index in [0.717, 1.165) is 46.3 Å². The standard InChI is InChI=1S/C21H20N4OS/c1-3-4-15-12-18(22)17-11-14(7-10-19(17)23-15)21-24-20(25-26-21)13-5-8-16(27-2)9-6-13/h5-12H,3-4H2,1-2H3,(H2,22,23). The highest BCUT2D eigenvalue weighted by molar-refractivity contribution is 7.98. The zero-order valence-corrected chi connectivity index (χ0v) is 16.1. The Morgan fingerprint density at radius 2 is 1.78 bits per heavy atom. The van der Waals surface area contributed by atoms with Crippen molar-refractivity contribution in [3.05, 3.63) is 54.2 Å². The number of nitrogen functional groups attached to an aromatic ring is 1. The minimum absolute atomic E-state index is 0.470. The van der Waals surface area contributed by atoms with Gasteiger partial charge in [0.05, 0.1) is 5.52 Å². The summed E-state index contributed by atoms with van der Waals surface area (Å²) in [5, 5.41) is 5.02. The first-order valence-corrected chi connectivity index (χ1v) is 10.1. The predicted molar refractivity (Wildman–Crippen MR) is 111 cm³/mol. The van der Waals surface area contributed by atoms with E-state index < -0.39 is 0 Å². The van der Waals surface area contributed by atoms with Crippen LogP contribution in [0.25, 0.3) is 33.7 Å². The minimum atomic E-state index is 0.470. The molecule has 2 aromatic carbocycles. The molecule has 6 heteroatoms. The second-order valence-electron chi connectivity index (χ2n) is 6.34. The lowest BCUT2D eigenvalue weighted by Crippen LogP contribution is -1.96. The Morgan fingerprint density at radius 1 is 1.00 bits per heavy atom. The lowest BCUT2D eigenvalue weighted by molar-refractivity contribution is 0.432. The van der Waals surface area contributed by atoms with E-state index in [1.54, 1.807) is 11.8 Å². The maximum Gasteiger partial charge on any atom is 0.258 e. The molecule has 4 aromatic rings. The molecule has 0 unspecified atom stereocenters. The average Bonchev–Trinajstić information content (AvgIpc) is 3.18. The van der Waals surface area contributed by atoms with Gasteiger partial charge in [-0.2, -0.15) is 4.98 Å². The van der Waals surface area contributed by atoms with E-state index in [9.17, 15) is 0 Å². The number of thioether (sulfide) groups is 1. The molecule has 136 valence electrons. The van der Waals surface area contributed by atoms with Crippen molar-refractivity contribution in [2.24, 2.45) is 0 Å². The molecule has 4 rings (SSSR count).